The van der Waals surface area contributed by atoms with Crippen molar-refractivity contribution in [2.24, 2.45) is 0 Å². The minimum atomic E-state index is -4.16. The molecular weight excluding hydrogens is 562 g/mol. The minimum Gasteiger partial charge on any atom is -0.494 e. The fourth-order valence-electron chi connectivity index (χ4n) is 4.36. The molecule has 3 aromatic rings. The van der Waals surface area contributed by atoms with Crippen LogP contribution in [-0.4, -0.2) is 50.9 Å². The molecule has 0 unspecified atom stereocenters. The van der Waals surface area contributed by atoms with Crippen LogP contribution >= 0.6 is 11.6 Å². The lowest BCUT2D eigenvalue weighted by atomic mass is 10.1. The summed E-state index contributed by atoms with van der Waals surface area (Å²) in [6, 6.07) is 20.8. The van der Waals surface area contributed by atoms with E-state index in [2.05, 4.69) is 5.32 Å². The average molecular weight is 600 g/mol. The Morgan fingerprint density at radius 3 is 2.20 bits per heavy atom. The Balaban J connectivity index is 2.01. The minimum absolute atomic E-state index is 0.0135. The van der Waals surface area contributed by atoms with Crippen LogP contribution in [0.25, 0.3) is 0 Å². The number of benzene rings is 3. The second-order valence-corrected chi connectivity index (χ2v) is 11.7. The number of nitrogens with zero attached hydrogens (tertiary/aromatic N) is 2. The fourth-order valence-corrected chi connectivity index (χ4v) is 5.97. The van der Waals surface area contributed by atoms with Crippen molar-refractivity contribution in [1.29, 1.82) is 0 Å². The Morgan fingerprint density at radius 2 is 1.59 bits per heavy atom. The van der Waals surface area contributed by atoms with E-state index >= 15 is 0 Å². The first kappa shape index (κ1) is 32.0. The van der Waals surface area contributed by atoms with Gasteiger partial charge in [0.15, 0.2) is 0 Å². The van der Waals surface area contributed by atoms with Crippen LogP contribution in [0.4, 0.5) is 5.69 Å². The lowest BCUT2D eigenvalue weighted by molar-refractivity contribution is -0.140. The summed E-state index contributed by atoms with van der Waals surface area (Å²) in [4.78, 5) is 28.8. The van der Waals surface area contributed by atoms with Crippen molar-refractivity contribution in [2.75, 3.05) is 24.0 Å². The Kier molecular flexibility index (Phi) is 12.0. The average Bonchev–Trinajstić information content (AvgIpc) is 2.97. The molecule has 0 aliphatic carbocycles. The molecular formula is C31H38ClN3O5S. The van der Waals surface area contributed by atoms with Gasteiger partial charge in [-0.1, -0.05) is 68.3 Å². The van der Waals surface area contributed by atoms with Crippen LogP contribution in [-0.2, 0) is 26.2 Å². The third-order valence-corrected chi connectivity index (χ3v) is 8.72. The number of nitrogens with one attached hydrogen (secondary N) is 1. The summed E-state index contributed by atoms with van der Waals surface area (Å²) < 4.78 is 34.4. The van der Waals surface area contributed by atoms with Crippen molar-refractivity contribution in [1.82, 2.24) is 10.2 Å². The van der Waals surface area contributed by atoms with Gasteiger partial charge in [0.2, 0.25) is 11.8 Å². The van der Waals surface area contributed by atoms with Gasteiger partial charge in [0.05, 0.1) is 17.2 Å². The predicted octanol–water partition coefficient (Wildman–Crippen LogP) is 5.66. The van der Waals surface area contributed by atoms with Gasteiger partial charge in [0.1, 0.15) is 18.3 Å². The number of hydrogen-bond donors (Lipinski definition) is 1. The van der Waals surface area contributed by atoms with E-state index in [4.69, 9.17) is 16.3 Å². The highest BCUT2D eigenvalue weighted by atomic mass is 35.5. The van der Waals surface area contributed by atoms with Gasteiger partial charge in [-0.15, -0.1) is 0 Å². The van der Waals surface area contributed by atoms with E-state index in [0.29, 0.717) is 41.6 Å². The van der Waals surface area contributed by atoms with E-state index in [1.165, 1.54) is 17.0 Å². The van der Waals surface area contributed by atoms with E-state index in [1.807, 2.05) is 20.8 Å². The maximum absolute atomic E-state index is 14.1. The van der Waals surface area contributed by atoms with Gasteiger partial charge in [-0.2, -0.15) is 0 Å². The standard InChI is InChI=1S/C31H38ClN3O5S/c1-4-7-21-33-31(37)29(5-2)34(22-24-13-11-12-16-28(24)32)30(36)23-35(25-14-9-8-10-15-25)41(38,39)27-19-17-26(18-20-27)40-6-3/h8-20,29H,4-7,21-23H2,1-3H3,(H,33,37)/t29-/m0/s1. The number of sulfonamides is 1. The SMILES string of the molecule is CCCCNC(=O)[C@H](CC)N(Cc1ccccc1Cl)C(=O)CN(c1ccccc1)S(=O)(=O)c1ccc(OCC)cc1. The van der Waals surface area contributed by atoms with E-state index in [1.54, 1.807) is 66.7 Å². The molecule has 0 fully saturated rings. The third kappa shape index (κ3) is 8.47. The van der Waals surface area contributed by atoms with Gasteiger partial charge >= 0.3 is 0 Å². The number of hydrogen-bond acceptors (Lipinski definition) is 5. The number of unbranched alkanes of at least 4 members (excludes halogenated alkanes) is 1. The van der Waals surface area contributed by atoms with Crippen LogP contribution in [0.15, 0.2) is 83.8 Å². The molecule has 2 amide bonds. The molecule has 3 aromatic carbocycles. The molecule has 1 atom stereocenters. The number of halogens is 1. The molecule has 3 rings (SSSR count). The van der Waals surface area contributed by atoms with Crippen molar-refractivity contribution < 1.29 is 22.7 Å². The van der Waals surface area contributed by atoms with Gasteiger partial charge in [-0.25, -0.2) is 8.42 Å². The maximum atomic E-state index is 14.1. The molecule has 0 aliphatic heterocycles. The van der Waals surface area contributed by atoms with Crippen molar-refractivity contribution in [3.05, 3.63) is 89.4 Å². The van der Waals surface area contributed by atoms with Crippen LogP contribution in [0.5, 0.6) is 5.75 Å². The maximum Gasteiger partial charge on any atom is 0.264 e. The molecule has 0 radical (unpaired) electrons. The van der Waals surface area contributed by atoms with Crippen molar-refractivity contribution in [3.63, 3.8) is 0 Å². The molecule has 8 nitrogen and oxygen atoms in total. The number of para-hydroxylation sites is 1. The first-order chi connectivity index (χ1) is 19.7. The second kappa shape index (κ2) is 15.4. The Bertz CT molecular complexity index is 1380. The number of carbonyl (C=O) groups is 2. The van der Waals surface area contributed by atoms with Gasteiger partial charge in [-0.05, 0) is 67.8 Å². The highest BCUT2D eigenvalue weighted by Gasteiger charge is 2.33. The molecule has 0 saturated carbocycles. The number of carbonyl (C=O) groups excluding carboxylic acids is 2. The lowest BCUT2D eigenvalue weighted by Gasteiger charge is -2.33. The zero-order chi connectivity index (χ0) is 29.8. The van der Waals surface area contributed by atoms with Crippen LogP contribution < -0.4 is 14.4 Å². The molecule has 1 N–H and O–H groups in total. The number of anilines is 1. The lowest BCUT2D eigenvalue weighted by Crippen LogP contribution is -2.52. The third-order valence-electron chi connectivity index (χ3n) is 6.56. The largest absolute Gasteiger partial charge is 0.494 e. The molecule has 0 bridgehead atoms. The molecule has 0 aromatic heterocycles. The molecule has 0 saturated heterocycles. The van der Waals surface area contributed by atoms with Crippen molar-refractivity contribution in [2.45, 2.75) is 57.5 Å². The van der Waals surface area contributed by atoms with Gasteiger partial charge in [-0.3, -0.25) is 13.9 Å². The monoisotopic (exact) mass is 599 g/mol. The van der Waals surface area contributed by atoms with Crippen LogP contribution in [0.3, 0.4) is 0 Å². The summed E-state index contributed by atoms with van der Waals surface area (Å²) in [6.07, 6.45) is 2.06. The summed E-state index contributed by atoms with van der Waals surface area (Å²) in [7, 11) is -4.16. The first-order valence-electron chi connectivity index (χ1n) is 13.8. The summed E-state index contributed by atoms with van der Waals surface area (Å²) in [6.45, 7) is 6.16. The zero-order valence-electron chi connectivity index (χ0n) is 23.8. The molecule has 0 spiro atoms. The number of ether oxygens (including phenoxy) is 1. The Hall–Kier alpha value is -3.56. The van der Waals surface area contributed by atoms with Gasteiger partial charge in [0.25, 0.3) is 10.0 Å². The summed E-state index contributed by atoms with van der Waals surface area (Å²) in [5.74, 6) is -0.276. The van der Waals surface area contributed by atoms with E-state index in [9.17, 15) is 18.0 Å². The molecule has 0 aliphatic rings. The Morgan fingerprint density at radius 1 is 0.927 bits per heavy atom. The van der Waals surface area contributed by atoms with E-state index in [-0.39, 0.29) is 17.3 Å². The normalized spacial score (nSPS) is 11.9. The quantitative estimate of drug-likeness (QED) is 0.228. The summed E-state index contributed by atoms with van der Waals surface area (Å²) in [5, 5.41) is 3.37. The Labute approximate surface area is 248 Å². The summed E-state index contributed by atoms with van der Waals surface area (Å²) in [5.41, 5.74) is 0.982. The van der Waals surface area contributed by atoms with Crippen LogP contribution in [0.2, 0.25) is 5.02 Å². The van der Waals surface area contributed by atoms with Crippen LogP contribution in [0.1, 0.15) is 45.6 Å². The predicted molar refractivity (Wildman–Crippen MR) is 163 cm³/mol. The van der Waals surface area contributed by atoms with E-state index < -0.39 is 28.5 Å². The highest BCUT2D eigenvalue weighted by molar-refractivity contribution is 7.92. The molecule has 10 heteroatoms. The number of amides is 2. The second-order valence-electron chi connectivity index (χ2n) is 9.43. The van der Waals surface area contributed by atoms with Gasteiger partial charge in [0, 0.05) is 18.1 Å². The van der Waals surface area contributed by atoms with E-state index in [0.717, 1.165) is 17.1 Å². The van der Waals surface area contributed by atoms with Gasteiger partial charge < -0.3 is 15.0 Å². The first-order valence-corrected chi connectivity index (χ1v) is 15.7. The number of rotatable bonds is 15. The summed E-state index contributed by atoms with van der Waals surface area (Å²) >= 11 is 6.44. The smallest absolute Gasteiger partial charge is 0.264 e. The fraction of sp³-hybridized carbons (Fsp3) is 0.355. The van der Waals surface area contributed by atoms with Crippen molar-refractivity contribution in [3.8, 4) is 5.75 Å². The molecule has 41 heavy (non-hydrogen) atoms. The van der Waals surface area contributed by atoms with Crippen LogP contribution in [0, 0.1) is 0 Å². The molecule has 220 valence electrons. The van der Waals surface area contributed by atoms with Crippen molar-refractivity contribution >= 4 is 39.1 Å². The molecule has 0 heterocycles. The zero-order valence-corrected chi connectivity index (χ0v) is 25.3. The topological polar surface area (TPSA) is 96.0 Å². The highest BCUT2D eigenvalue weighted by Crippen LogP contribution is 2.26.